The molecule has 1 aromatic carbocycles. The molecule has 0 bridgehead atoms. The van der Waals surface area contributed by atoms with Gasteiger partial charge in [0.25, 0.3) is 0 Å². The van der Waals surface area contributed by atoms with Crippen molar-refractivity contribution in [3.8, 4) is 0 Å². The van der Waals surface area contributed by atoms with Gasteiger partial charge in [-0.05, 0) is 37.3 Å². The fourth-order valence-corrected chi connectivity index (χ4v) is 3.03. The molecule has 1 amide bonds. The Morgan fingerprint density at radius 3 is 2.86 bits per heavy atom. The van der Waals surface area contributed by atoms with E-state index in [4.69, 9.17) is 21.8 Å². The zero-order chi connectivity index (χ0) is 15.4. The van der Waals surface area contributed by atoms with Gasteiger partial charge >= 0.3 is 0 Å². The number of amides is 1. The van der Waals surface area contributed by atoms with Gasteiger partial charge < -0.3 is 15.5 Å². The second-order valence-electron chi connectivity index (χ2n) is 4.42. The third-order valence-corrected chi connectivity index (χ3v) is 4.81. The Balaban J connectivity index is 2.00. The molecule has 0 saturated carbocycles. The van der Waals surface area contributed by atoms with E-state index in [0.29, 0.717) is 21.4 Å². The Morgan fingerprint density at radius 2 is 2.24 bits per heavy atom. The van der Waals surface area contributed by atoms with Crippen LogP contribution >= 0.6 is 11.6 Å². The molecule has 0 radical (unpaired) electrons. The number of carbonyl (C=O) groups is 1. The second-order valence-corrected chi connectivity index (χ2v) is 6.60. The zero-order valence-electron chi connectivity index (χ0n) is 11.3. The molecular weight excluding hydrogens is 312 g/mol. The third-order valence-electron chi connectivity index (χ3n) is 2.91. The predicted octanol–water partition coefficient (Wildman–Crippen LogP) is 2.33. The molecule has 7 heteroatoms. The molecule has 0 aliphatic rings. The molecule has 0 aliphatic heterocycles. The van der Waals surface area contributed by atoms with Crippen LogP contribution in [-0.4, -0.2) is 15.4 Å². The van der Waals surface area contributed by atoms with Crippen LogP contribution in [0.5, 0.6) is 0 Å². The average Bonchev–Trinajstić information content (AvgIpc) is 2.99. The van der Waals surface area contributed by atoms with Crippen molar-refractivity contribution in [3.63, 3.8) is 0 Å². The molecule has 2 rings (SSSR count). The first-order valence-electron chi connectivity index (χ1n) is 6.24. The number of nitrogens with two attached hydrogens (primary N) is 1. The summed E-state index contributed by atoms with van der Waals surface area (Å²) < 4.78 is 17.5. The summed E-state index contributed by atoms with van der Waals surface area (Å²) in [4.78, 5) is 12.5. The van der Waals surface area contributed by atoms with Gasteiger partial charge in [-0.1, -0.05) is 11.6 Å². The van der Waals surface area contributed by atoms with Crippen molar-refractivity contribution in [2.75, 3.05) is 5.73 Å². The Kier molecular flexibility index (Phi) is 5.03. The van der Waals surface area contributed by atoms with Crippen molar-refractivity contribution >= 4 is 34.0 Å². The minimum Gasteiger partial charge on any atom is -0.467 e. The van der Waals surface area contributed by atoms with Crippen LogP contribution < -0.4 is 11.1 Å². The third kappa shape index (κ3) is 3.86. The van der Waals surface area contributed by atoms with Gasteiger partial charge in [0, 0.05) is 4.90 Å². The van der Waals surface area contributed by atoms with E-state index < -0.39 is 16.0 Å². The first kappa shape index (κ1) is 15.6. The van der Waals surface area contributed by atoms with E-state index in [0.717, 1.165) is 0 Å². The van der Waals surface area contributed by atoms with Crippen LogP contribution in [0.4, 0.5) is 5.69 Å². The molecule has 21 heavy (non-hydrogen) atoms. The summed E-state index contributed by atoms with van der Waals surface area (Å²) in [7, 11) is -1.51. The minimum atomic E-state index is -1.51. The number of benzene rings is 1. The maximum absolute atomic E-state index is 12.3. The van der Waals surface area contributed by atoms with Gasteiger partial charge in [0.2, 0.25) is 5.91 Å². The van der Waals surface area contributed by atoms with Crippen molar-refractivity contribution < 1.29 is 13.4 Å². The number of hydrogen-bond donors (Lipinski definition) is 2. The molecule has 2 atom stereocenters. The van der Waals surface area contributed by atoms with Gasteiger partial charge in [-0.25, -0.2) is 0 Å². The van der Waals surface area contributed by atoms with Crippen molar-refractivity contribution in [2.45, 2.75) is 23.6 Å². The highest BCUT2D eigenvalue weighted by atomic mass is 35.5. The molecule has 1 aromatic heterocycles. The van der Waals surface area contributed by atoms with Gasteiger partial charge in [0.05, 0.1) is 34.3 Å². The maximum Gasteiger partial charge on any atom is 0.236 e. The van der Waals surface area contributed by atoms with Crippen molar-refractivity contribution in [2.24, 2.45) is 0 Å². The number of hydrogen-bond acceptors (Lipinski definition) is 4. The van der Waals surface area contributed by atoms with Gasteiger partial charge in [-0.15, -0.1) is 0 Å². The zero-order valence-corrected chi connectivity index (χ0v) is 12.9. The van der Waals surface area contributed by atoms with Crippen LogP contribution in [0.1, 0.15) is 12.7 Å². The quantitative estimate of drug-likeness (QED) is 0.826. The van der Waals surface area contributed by atoms with Crippen molar-refractivity contribution in [3.05, 3.63) is 47.4 Å². The summed E-state index contributed by atoms with van der Waals surface area (Å²) in [6.07, 6.45) is 1.53. The summed E-state index contributed by atoms with van der Waals surface area (Å²) in [6.45, 7) is 1.85. The lowest BCUT2D eigenvalue weighted by Crippen LogP contribution is -2.35. The fourth-order valence-electron chi connectivity index (χ4n) is 1.67. The molecule has 0 saturated heterocycles. The van der Waals surface area contributed by atoms with Crippen LogP contribution in [-0.2, 0) is 22.1 Å². The molecular formula is C14H15ClN2O3S. The van der Waals surface area contributed by atoms with E-state index in [1.54, 1.807) is 31.2 Å². The van der Waals surface area contributed by atoms with Crippen LogP contribution in [0.3, 0.4) is 0 Å². The largest absolute Gasteiger partial charge is 0.467 e. The van der Waals surface area contributed by atoms with Crippen molar-refractivity contribution in [1.29, 1.82) is 0 Å². The van der Waals surface area contributed by atoms with E-state index in [1.165, 1.54) is 12.3 Å². The number of carbonyl (C=O) groups excluding carboxylic acids is 1. The van der Waals surface area contributed by atoms with Crippen LogP contribution in [0.2, 0.25) is 5.02 Å². The number of rotatable bonds is 5. The monoisotopic (exact) mass is 326 g/mol. The number of furan rings is 1. The molecule has 3 N–H and O–H groups in total. The van der Waals surface area contributed by atoms with Crippen LogP contribution in [0.15, 0.2) is 45.9 Å². The van der Waals surface area contributed by atoms with Crippen LogP contribution in [0.25, 0.3) is 0 Å². The van der Waals surface area contributed by atoms with E-state index in [9.17, 15) is 9.00 Å². The highest BCUT2D eigenvalue weighted by molar-refractivity contribution is 7.86. The SMILES string of the molecule is CC(C(=O)NCc1ccco1)S(=O)c1ccc(N)c(Cl)c1. The second kappa shape index (κ2) is 6.78. The predicted molar refractivity (Wildman–Crippen MR) is 82.3 cm³/mol. The molecule has 0 aliphatic carbocycles. The summed E-state index contributed by atoms with van der Waals surface area (Å²) in [5.74, 6) is 0.314. The standard InChI is InChI=1S/C14H15ClN2O3S/c1-9(14(18)17-8-10-3-2-6-20-10)21(19)11-4-5-13(16)12(15)7-11/h2-7,9H,8,16H2,1H3,(H,17,18). The van der Waals surface area contributed by atoms with E-state index in [2.05, 4.69) is 5.32 Å². The first-order chi connectivity index (χ1) is 9.99. The normalized spacial score (nSPS) is 13.6. The lowest BCUT2D eigenvalue weighted by Gasteiger charge is -2.12. The lowest BCUT2D eigenvalue weighted by atomic mass is 10.3. The maximum atomic E-state index is 12.3. The minimum absolute atomic E-state index is 0.260. The molecule has 2 unspecified atom stereocenters. The summed E-state index contributed by atoms with van der Waals surface area (Å²) in [5.41, 5.74) is 6.02. The Labute approximate surface area is 129 Å². The Bertz CT molecular complexity index is 658. The van der Waals surface area contributed by atoms with Gasteiger partial charge in [-0.2, -0.15) is 0 Å². The number of nitrogens with one attached hydrogen (secondary N) is 1. The Morgan fingerprint density at radius 1 is 1.48 bits per heavy atom. The van der Waals surface area contributed by atoms with Gasteiger partial charge in [-0.3, -0.25) is 9.00 Å². The lowest BCUT2D eigenvalue weighted by molar-refractivity contribution is -0.120. The molecule has 0 spiro atoms. The number of halogens is 1. The topological polar surface area (TPSA) is 85.3 Å². The van der Waals surface area contributed by atoms with E-state index >= 15 is 0 Å². The van der Waals surface area contributed by atoms with Gasteiger partial charge in [0.1, 0.15) is 11.0 Å². The number of anilines is 1. The average molecular weight is 327 g/mol. The molecule has 0 fully saturated rings. The molecule has 1 heterocycles. The first-order valence-corrected chi connectivity index (χ1v) is 7.84. The van der Waals surface area contributed by atoms with E-state index in [1.807, 2.05) is 0 Å². The fraction of sp³-hybridized carbons (Fsp3) is 0.214. The summed E-state index contributed by atoms with van der Waals surface area (Å²) in [5, 5.41) is 2.29. The highest BCUT2D eigenvalue weighted by Crippen LogP contribution is 2.23. The smallest absolute Gasteiger partial charge is 0.236 e. The number of nitrogen functional groups attached to an aromatic ring is 1. The summed E-state index contributed by atoms with van der Waals surface area (Å²) >= 11 is 5.90. The molecule has 2 aromatic rings. The summed E-state index contributed by atoms with van der Waals surface area (Å²) in [6, 6.07) is 8.18. The van der Waals surface area contributed by atoms with E-state index in [-0.39, 0.29) is 12.5 Å². The van der Waals surface area contributed by atoms with Gasteiger partial charge in [0.15, 0.2) is 0 Å². The molecule has 112 valence electrons. The van der Waals surface area contributed by atoms with Crippen molar-refractivity contribution in [1.82, 2.24) is 5.32 Å². The Hall–Kier alpha value is -1.79. The molecule has 5 nitrogen and oxygen atoms in total. The highest BCUT2D eigenvalue weighted by Gasteiger charge is 2.21. The van der Waals surface area contributed by atoms with Crippen LogP contribution in [0, 0.1) is 0 Å².